The summed E-state index contributed by atoms with van der Waals surface area (Å²) < 4.78 is 11.0. The molecule has 2 heterocycles. The Hall–Kier alpha value is -2.83. The number of hydrogen-bond donors (Lipinski definition) is 0. The van der Waals surface area contributed by atoms with Crippen LogP contribution in [0.2, 0.25) is 0 Å². The molecular formula is C23H30N2O5. The number of benzene rings is 1. The Bertz CT molecular complexity index is 964. The van der Waals surface area contributed by atoms with Crippen LogP contribution < -0.4 is 10.4 Å². The maximum Gasteiger partial charge on any atom is 0.336 e. The van der Waals surface area contributed by atoms with Crippen LogP contribution in [0.25, 0.3) is 11.0 Å². The first-order valence-corrected chi connectivity index (χ1v) is 10.7. The highest BCUT2D eigenvalue weighted by atomic mass is 16.5. The van der Waals surface area contributed by atoms with Gasteiger partial charge < -0.3 is 19.0 Å². The van der Waals surface area contributed by atoms with Gasteiger partial charge in [0.2, 0.25) is 5.91 Å². The predicted molar refractivity (Wildman–Crippen MR) is 115 cm³/mol. The van der Waals surface area contributed by atoms with E-state index >= 15 is 0 Å². The molecule has 162 valence electrons. The van der Waals surface area contributed by atoms with Gasteiger partial charge in [0.25, 0.3) is 5.91 Å². The number of rotatable bonds is 7. The number of fused-ring (bicyclic) bond motifs is 1. The fraction of sp³-hybridized carbons (Fsp3) is 0.522. The topological polar surface area (TPSA) is 80.1 Å². The number of ether oxygens (including phenoxy) is 1. The Kier molecular flexibility index (Phi) is 7.13. The van der Waals surface area contributed by atoms with Gasteiger partial charge in [0, 0.05) is 43.7 Å². The standard InChI is InChI=1S/C23H30N2O5/c1-4-16-12-22(27)30-20-13-18(9-10-19(16)20)29-15-21(26)25-11-7-8-17(14-25)23(28)24(5-2)6-3/h9-10,12-13,17H,4-8,11,14-15H2,1-3H3. The lowest BCUT2D eigenvalue weighted by Gasteiger charge is -2.34. The van der Waals surface area contributed by atoms with Crippen LogP contribution in [-0.4, -0.2) is 54.4 Å². The summed E-state index contributed by atoms with van der Waals surface area (Å²) in [6, 6.07) is 6.76. The van der Waals surface area contributed by atoms with Gasteiger partial charge in [0.1, 0.15) is 11.3 Å². The quantitative estimate of drug-likeness (QED) is 0.651. The number of aryl methyl sites for hydroxylation is 1. The van der Waals surface area contributed by atoms with Gasteiger partial charge in [-0.15, -0.1) is 0 Å². The first kappa shape index (κ1) is 21.9. The van der Waals surface area contributed by atoms with Gasteiger partial charge in [-0.2, -0.15) is 0 Å². The van der Waals surface area contributed by atoms with E-state index in [1.807, 2.05) is 31.7 Å². The minimum atomic E-state index is -0.398. The Morgan fingerprint density at radius 1 is 1.20 bits per heavy atom. The molecule has 30 heavy (non-hydrogen) atoms. The molecule has 0 radical (unpaired) electrons. The second kappa shape index (κ2) is 9.78. The number of piperidine rings is 1. The van der Waals surface area contributed by atoms with Crippen molar-refractivity contribution in [1.82, 2.24) is 9.80 Å². The molecule has 1 aliphatic heterocycles. The average molecular weight is 415 g/mol. The Labute approximate surface area is 176 Å². The van der Waals surface area contributed by atoms with Crippen molar-refractivity contribution in [1.29, 1.82) is 0 Å². The van der Waals surface area contributed by atoms with Gasteiger partial charge in [-0.25, -0.2) is 4.79 Å². The van der Waals surface area contributed by atoms with Crippen LogP contribution in [-0.2, 0) is 16.0 Å². The van der Waals surface area contributed by atoms with Crippen LogP contribution in [0.1, 0.15) is 39.2 Å². The van der Waals surface area contributed by atoms with E-state index in [4.69, 9.17) is 9.15 Å². The molecule has 1 aromatic heterocycles. The molecule has 2 aromatic rings. The molecule has 0 saturated carbocycles. The van der Waals surface area contributed by atoms with Crippen LogP contribution in [0.4, 0.5) is 0 Å². The second-order valence-corrected chi connectivity index (χ2v) is 7.58. The van der Waals surface area contributed by atoms with Gasteiger partial charge in [-0.05, 0) is 50.8 Å². The lowest BCUT2D eigenvalue weighted by Crippen LogP contribution is -2.47. The van der Waals surface area contributed by atoms with Crippen molar-refractivity contribution in [2.24, 2.45) is 5.92 Å². The van der Waals surface area contributed by atoms with E-state index in [-0.39, 0.29) is 24.3 Å². The second-order valence-electron chi connectivity index (χ2n) is 7.58. The summed E-state index contributed by atoms with van der Waals surface area (Å²) in [6.07, 6.45) is 2.34. The van der Waals surface area contributed by atoms with Crippen LogP contribution in [0.15, 0.2) is 33.5 Å². The molecular weight excluding hydrogens is 384 g/mol. The monoisotopic (exact) mass is 414 g/mol. The molecule has 7 nitrogen and oxygen atoms in total. The van der Waals surface area contributed by atoms with E-state index in [0.717, 1.165) is 30.2 Å². The van der Waals surface area contributed by atoms with E-state index in [2.05, 4.69) is 0 Å². The van der Waals surface area contributed by atoms with Gasteiger partial charge >= 0.3 is 5.63 Å². The maximum atomic E-state index is 12.7. The highest BCUT2D eigenvalue weighted by molar-refractivity contribution is 5.83. The molecule has 1 saturated heterocycles. The maximum absolute atomic E-state index is 12.7. The smallest absolute Gasteiger partial charge is 0.336 e. The van der Waals surface area contributed by atoms with Crippen LogP contribution in [0, 0.1) is 5.92 Å². The fourth-order valence-corrected chi connectivity index (χ4v) is 4.03. The lowest BCUT2D eigenvalue weighted by atomic mass is 9.96. The summed E-state index contributed by atoms with van der Waals surface area (Å²) in [5.74, 6) is 0.302. The highest BCUT2D eigenvalue weighted by Crippen LogP contribution is 2.24. The van der Waals surface area contributed by atoms with Gasteiger partial charge in [0.05, 0.1) is 5.92 Å². The minimum absolute atomic E-state index is 0.116. The third kappa shape index (κ3) is 4.83. The molecule has 1 unspecified atom stereocenters. The molecule has 0 bridgehead atoms. The van der Waals surface area contributed by atoms with Gasteiger partial charge in [-0.1, -0.05) is 6.92 Å². The van der Waals surface area contributed by atoms with Crippen molar-refractivity contribution in [2.75, 3.05) is 32.8 Å². The van der Waals surface area contributed by atoms with Gasteiger partial charge in [-0.3, -0.25) is 9.59 Å². The number of hydrogen-bond acceptors (Lipinski definition) is 5. The molecule has 1 aromatic carbocycles. The van der Waals surface area contributed by atoms with E-state index in [1.54, 1.807) is 17.0 Å². The molecule has 3 rings (SSSR count). The number of nitrogens with zero attached hydrogens (tertiary/aromatic N) is 2. The third-order valence-electron chi connectivity index (χ3n) is 5.74. The molecule has 1 fully saturated rings. The number of carbonyl (C=O) groups excluding carboxylic acids is 2. The predicted octanol–water partition coefficient (Wildman–Crippen LogP) is 2.84. The van der Waals surface area contributed by atoms with Gasteiger partial charge in [0.15, 0.2) is 6.61 Å². The van der Waals surface area contributed by atoms with E-state index in [0.29, 0.717) is 37.5 Å². The van der Waals surface area contributed by atoms with Crippen LogP contribution >= 0.6 is 0 Å². The first-order valence-electron chi connectivity index (χ1n) is 10.7. The van der Waals surface area contributed by atoms with Crippen molar-refractivity contribution < 1.29 is 18.7 Å². The summed E-state index contributed by atoms with van der Waals surface area (Å²) >= 11 is 0. The normalized spacial score (nSPS) is 16.5. The van der Waals surface area contributed by atoms with E-state index < -0.39 is 5.63 Å². The molecule has 1 aliphatic rings. The molecule has 0 N–H and O–H groups in total. The first-order chi connectivity index (χ1) is 14.5. The molecule has 2 amide bonds. The minimum Gasteiger partial charge on any atom is -0.484 e. The Morgan fingerprint density at radius 2 is 1.97 bits per heavy atom. The van der Waals surface area contributed by atoms with Crippen LogP contribution in [0.5, 0.6) is 5.75 Å². The summed E-state index contributed by atoms with van der Waals surface area (Å²) in [5.41, 5.74) is 0.970. The SMILES string of the molecule is CCc1cc(=O)oc2cc(OCC(=O)N3CCCC(C(=O)N(CC)CC)C3)ccc12. The van der Waals surface area contributed by atoms with Crippen molar-refractivity contribution in [3.05, 3.63) is 40.2 Å². The molecule has 0 spiro atoms. The molecule has 1 atom stereocenters. The number of amides is 2. The van der Waals surface area contributed by atoms with E-state index in [9.17, 15) is 14.4 Å². The molecule has 7 heteroatoms. The number of likely N-dealkylation sites (tertiary alicyclic amines) is 1. The average Bonchev–Trinajstić information content (AvgIpc) is 2.77. The third-order valence-corrected chi connectivity index (χ3v) is 5.74. The largest absolute Gasteiger partial charge is 0.484 e. The Balaban J connectivity index is 1.63. The lowest BCUT2D eigenvalue weighted by molar-refractivity contribution is -0.141. The zero-order valence-corrected chi connectivity index (χ0v) is 18.0. The van der Waals surface area contributed by atoms with Crippen molar-refractivity contribution in [2.45, 2.75) is 40.0 Å². The zero-order valence-electron chi connectivity index (χ0n) is 18.0. The fourth-order valence-electron chi connectivity index (χ4n) is 4.03. The molecule has 0 aliphatic carbocycles. The Morgan fingerprint density at radius 3 is 2.67 bits per heavy atom. The highest BCUT2D eigenvalue weighted by Gasteiger charge is 2.30. The van der Waals surface area contributed by atoms with Crippen LogP contribution in [0.3, 0.4) is 0 Å². The summed E-state index contributed by atoms with van der Waals surface area (Å²) in [6.45, 7) is 8.23. The number of carbonyl (C=O) groups is 2. The summed E-state index contributed by atoms with van der Waals surface area (Å²) in [5, 5.41) is 0.865. The van der Waals surface area contributed by atoms with Crippen molar-refractivity contribution in [3.63, 3.8) is 0 Å². The summed E-state index contributed by atoms with van der Waals surface area (Å²) in [4.78, 5) is 40.6. The van der Waals surface area contributed by atoms with E-state index in [1.165, 1.54) is 6.07 Å². The summed E-state index contributed by atoms with van der Waals surface area (Å²) in [7, 11) is 0. The van der Waals surface area contributed by atoms with Crippen molar-refractivity contribution in [3.8, 4) is 5.75 Å². The zero-order chi connectivity index (χ0) is 21.7. The van der Waals surface area contributed by atoms with Crippen molar-refractivity contribution >= 4 is 22.8 Å².